The first-order valence-corrected chi connectivity index (χ1v) is 10.5. The normalized spacial score (nSPS) is 23.3. The number of carbonyl (C=O) groups is 2. The maximum atomic E-state index is 12.5. The van der Waals surface area contributed by atoms with Gasteiger partial charge in [0, 0.05) is 6.54 Å². The monoisotopic (exact) mass is 455 g/mol. The van der Waals surface area contributed by atoms with Crippen LogP contribution in [0.3, 0.4) is 0 Å². The smallest absolute Gasteiger partial charge is 0.320 e. The Morgan fingerprint density at radius 2 is 1.91 bits per heavy atom. The molecule has 1 fully saturated rings. The molecule has 3 amide bonds. The first kappa shape index (κ1) is 22.6. The lowest BCUT2D eigenvalue weighted by Gasteiger charge is -2.16. The van der Waals surface area contributed by atoms with Gasteiger partial charge in [-0.15, -0.1) is 0 Å². The summed E-state index contributed by atoms with van der Waals surface area (Å²) in [6.07, 6.45) is -2.59. The number of hydrogen-bond donors (Lipinski definition) is 5. The van der Waals surface area contributed by atoms with E-state index in [4.69, 9.17) is 4.74 Å². The number of aromatic nitrogens is 4. The first-order chi connectivity index (χ1) is 15.9. The van der Waals surface area contributed by atoms with E-state index in [2.05, 4.69) is 30.9 Å². The lowest BCUT2D eigenvalue weighted by molar-refractivity contribution is -0.137. The molecular formula is C21H25N7O5. The van der Waals surface area contributed by atoms with Crippen LogP contribution in [0.2, 0.25) is 0 Å². The average Bonchev–Trinajstić information content (AvgIpc) is 3.36. The van der Waals surface area contributed by atoms with Gasteiger partial charge in [0.2, 0.25) is 0 Å². The number of carbonyl (C=O) groups excluding carboxylic acids is 2. The van der Waals surface area contributed by atoms with Crippen molar-refractivity contribution in [2.45, 2.75) is 44.4 Å². The van der Waals surface area contributed by atoms with Gasteiger partial charge < -0.3 is 25.6 Å². The number of nitrogens with one attached hydrogen (secondary N) is 3. The molecule has 5 atom stereocenters. The summed E-state index contributed by atoms with van der Waals surface area (Å²) in [6, 6.07) is 8.76. The standard InChI is InChI=1S/C21H25N7O5/c1-3-22-19(31)16-14(29)15(30)20(33-16)28-10-25-13-17(23-9-24-18(13)28)27-21(32)26-11(2)12-7-5-4-6-8-12/h4-11,14-16,20,29-30H,3H2,1-2H3,(H,22,31)(H2,23,24,26,27,32)/t11-,14-,15+,16+,20-/m1/s1. The minimum Gasteiger partial charge on any atom is -0.387 e. The van der Waals surface area contributed by atoms with E-state index < -0.39 is 36.5 Å². The summed E-state index contributed by atoms with van der Waals surface area (Å²) in [6.45, 7) is 3.94. The molecule has 1 aliphatic rings. The number of amides is 3. The average molecular weight is 455 g/mol. The molecule has 174 valence electrons. The zero-order chi connectivity index (χ0) is 23.5. The van der Waals surface area contributed by atoms with Crippen LogP contribution in [0.15, 0.2) is 43.0 Å². The number of hydrogen-bond acceptors (Lipinski definition) is 8. The van der Waals surface area contributed by atoms with Crippen molar-refractivity contribution in [1.82, 2.24) is 30.2 Å². The summed E-state index contributed by atoms with van der Waals surface area (Å²) >= 11 is 0. The summed E-state index contributed by atoms with van der Waals surface area (Å²) in [4.78, 5) is 37.2. The molecule has 3 aromatic rings. The Bertz CT molecular complexity index is 1140. The highest BCUT2D eigenvalue weighted by atomic mass is 16.6. The highest BCUT2D eigenvalue weighted by molar-refractivity contribution is 5.96. The minimum absolute atomic E-state index is 0.157. The second-order valence-corrected chi connectivity index (χ2v) is 7.60. The Morgan fingerprint density at radius 3 is 2.64 bits per heavy atom. The highest BCUT2D eigenvalue weighted by Gasteiger charge is 2.47. The van der Waals surface area contributed by atoms with Crippen LogP contribution in [0.5, 0.6) is 0 Å². The van der Waals surface area contributed by atoms with Crippen LogP contribution >= 0.6 is 0 Å². The molecule has 12 heteroatoms. The Kier molecular flexibility index (Phi) is 6.49. The Hall–Kier alpha value is -3.61. The van der Waals surface area contributed by atoms with Gasteiger partial charge in [0.1, 0.15) is 18.5 Å². The number of aliphatic hydroxyl groups excluding tert-OH is 2. The number of fused-ring (bicyclic) bond motifs is 1. The minimum atomic E-state index is -1.43. The van der Waals surface area contributed by atoms with Gasteiger partial charge in [-0.05, 0) is 19.4 Å². The molecule has 4 rings (SSSR count). The number of ether oxygens (including phenoxy) is 1. The number of nitrogens with zero attached hydrogens (tertiary/aromatic N) is 4. The van der Waals surface area contributed by atoms with E-state index in [0.717, 1.165) is 5.56 Å². The molecule has 5 N–H and O–H groups in total. The van der Waals surface area contributed by atoms with Crippen molar-refractivity contribution < 1.29 is 24.5 Å². The van der Waals surface area contributed by atoms with Gasteiger partial charge in [-0.3, -0.25) is 14.7 Å². The molecule has 12 nitrogen and oxygen atoms in total. The summed E-state index contributed by atoms with van der Waals surface area (Å²) in [5.74, 6) is -0.373. The van der Waals surface area contributed by atoms with Gasteiger partial charge in [0.15, 0.2) is 29.3 Å². The zero-order valence-electron chi connectivity index (χ0n) is 18.0. The highest BCUT2D eigenvalue weighted by Crippen LogP contribution is 2.32. The number of rotatable bonds is 6. The van der Waals surface area contributed by atoms with Crippen molar-refractivity contribution in [2.24, 2.45) is 0 Å². The summed E-state index contributed by atoms with van der Waals surface area (Å²) in [7, 11) is 0. The van der Waals surface area contributed by atoms with Crippen LogP contribution in [0, 0.1) is 0 Å². The van der Waals surface area contributed by atoms with Gasteiger partial charge in [-0.1, -0.05) is 30.3 Å². The predicted molar refractivity (Wildman–Crippen MR) is 117 cm³/mol. The van der Waals surface area contributed by atoms with E-state index >= 15 is 0 Å². The Balaban J connectivity index is 1.52. The third kappa shape index (κ3) is 4.49. The fraction of sp³-hybridized carbons (Fsp3) is 0.381. The molecule has 0 unspecified atom stereocenters. The number of imidazole rings is 1. The molecule has 0 radical (unpaired) electrons. The second-order valence-electron chi connectivity index (χ2n) is 7.60. The molecule has 3 heterocycles. The van der Waals surface area contributed by atoms with Crippen molar-refractivity contribution in [2.75, 3.05) is 11.9 Å². The molecule has 0 aliphatic carbocycles. The van der Waals surface area contributed by atoms with Crippen molar-refractivity contribution in [1.29, 1.82) is 0 Å². The fourth-order valence-corrected chi connectivity index (χ4v) is 3.68. The quantitative estimate of drug-likeness (QED) is 0.358. The molecule has 1 saturated heterocycles. The van der Waals surface area contributed by atoms with Crippen LogP contribution in [0.25, 0.3) is 11.2 Å². The molecule has 1 aliphatic heterocycles. The number of benzene rings is 1. The summed E-state index contributed by atoms with van der Waals surface area (Å²) in [5.41, 5.74) is 1.45. The van der Waals surface area contributed by atoms with Crippen LogP contribution in [0.4, 0.5) is 10.6 Å². The maximum absolute atomic E-state index is 12.5. The molecule has 0 saturated carbocycles. The number of anilines is 1. The Labute approximate surface area is 189 Å². The predicted octanol–water partition coefficient (Wildman–Crippen LogP) is 0.464. The fourth-order valence-electron chi connectivity index (χ4n) is 3.68. The molecule has 2 aromatic heterocycles. The largest absolute Gasteiger partial charge is 0.387 e. The first-order valence-electron chi connectivity index (χ1n) is 10.5. The second kappa shape index (κ2) is 9.48. The molecule has 0 spiro atoms. The van der Waals surface area contributed by atoms with Gasteiger partial charge >= 0.3 is 6.03 Å². The summed E-state index contributed by atoms with van der Waals surface area (Å²) < 4.78 is 7.01. The van der Waals surface area contributed by atoms with E-state index in [1.54, 1.807) is 6.92 Å². The van der Waals surface area contributed by atoms with Gasteiger partial charge in [-0.2, -0.15) is 0 Å². The number of urea groups is 1. The van der Waals surface area contributed by atoms with E-state index in [1.807, 2.05) is 37.3 Å². The number of aliphatic hydroxyl groups is 2. The topological polar surface area (TPSA) is 164 Å². The summed E-state index contributed by atoms with van der Waals surface area (Å²) in [5, 5.41) is 28.8. The maximum Gasteiger partial charge on any atom is 0.320 e. The molecular weight excluding hydrogens is 430 g/mol. The zero-order valence-corrected chi connectivity index (χ0v) is 18.0. The number of likely N-dealkylation sites (N-methyl/N-ethyl adjacent to an activating group) is 1. The van der Waals surface area contributed by atoms with Crippen LogP contribution < -0.4 is 16.0 Å². The van der Waals surface area contributed by atoms with E-state index in [1.165, 1.54) is 17.2 Å². The van der Waals surface area contributed by atoms with E-state index in [-0.39, 0.29) is 23.0 Å². The van der Waals surface area contributed by atoms with Gasteiger partial charge in [0.05, 0.1) is 12.4 Å². The molecule has 1 aromatic carbocycles. The molecule has 0 bridgehead atoms. The lowest BCUT2D eigenvalue weighted by Crippen LogP contribution is -2.42. The lowest BCUT2D eigenvalue weighted by atomic mass is 10.1. The van der Waals surface area contributed by atoms with E-state index in [0.29, 0.717) is 6.54 Å². The third-order valence-corrected chi connectivity index (χ3v) is 5.36. The van der Waals surface area contributed by atoms with Gasteiger partial charge in [0.25, 0.3) is 5.91 Å². The van der Waals surface area contributed by atoms with Gasteiger partial charge in [-0.25, -0.2) is 19.7 Å². The third-order valence-electron chi connectivity index (χ3n) is 5.36. The van der Waals surface area contributed by atoms with Crippen molar-refractivity contribution in [3.05, 3.63) is 48.5 Å². The van der Waals surface area contributed by atoms with Crippen LogP contribution in [-0.4, -0.2) is 66.5 Å². The van der Waals surface area contributed by atoms with Crippen molar-refractivity contribution in [3.8, 4) is 0 Å². The SMILES string of the molecule is CCNC(=O)[C@H]1O[C@@H](n2cnc3c(NC(=O)N[C@H](C)c4ccccc4)ncnc32)[C@@H](O)[C@H]1O. The van der Waals surface area contributed by atoms with Crippen LogP contribution in [0.1, 0.15) is 31.7 Å². The Morgan fingerprint density at radius 1 is 1.15 bits per heavy atom. The van der Waals surface area contributed by atoms with Crippen molar-refractivity contribution >= 4 is 28.9 Å². The van der Waals surface area contributed by atoms with Crippen molar-refractivity contribution in [3.63, 3.8) is 0 Å². The van der Waals surface area contributed by atoms with E-state index in [9.17, 15) is 19.8 Å². The van der Waals surface area contributed by atoms with Crippen LogP contribution in [-0.2, 0) is 9.53 Å². The molecule has 33 heavy (non-hydrogen) atoms.